The van der Waals surface area contributed by atoms with E-state index in [9.17, 15) is 0 Å². The van der Waals surface area contributed by atoms with Gasteiger partial charge in [0.2, 0.25) is 0 Å². The Morgan fingerprint density at radius 3 is 2.03 bits per heavy atom. The van der Waals surface area contributed by atoms with Crippen LogP contribution >= 0.6 is 18.5 Å². The lowest BCUT2D eigenvalue weighted by Gasteiger charge is -2.34. The van der Waals surface area contributed by atoms with Crippen LogP contribution in [0.25, 0.3) is 22.3 Å². The molecule has 0 amide bonds. The van der Waals surface area contributed by atoms with Crippen molar-refractivity contribution in [2.45, 2.75) is 71.6 Å². The summed E-state index contributed by atoms with van der Waals surface area (Å²) < 4.78 is 6.28. The predicted molar refractivity (Wildman–Crippen MR) is 168 cm³/mol. The molecule has 3 aromatic carbocycles. The molecule has 1 aliphatic carbocycles. The maximum Gasteiger partial charge on any atom is 0.0520 e. The summed E-state index contributed by atoms with van der Waals surface area (Å²) in [5, 5.41) is 0. The van der Waals surface area contributed by atoms with Gasteiger partial charge < -0.3 is 4.74 Å². The molecule has 0 radical (unpaired) electrons. The van der Waals surface area contributed by atoms with Gasteiger partial charge in [-0.2, -0.15) is 0 Å². The first-order valence-corrected chi connectivity index (χ1v) is 15.5. The minimum Gasteiger partial charge on any atom is -0.381 e. The molecule has 1 saturated carbocycles. The van der Waals surface area contributed by atoms with Crippen LogP contribution in [0.2, 0.25) is 0 Å². The highest BCUT2D eigenvalue weighted by Gasteiger charge is 2.28. The van der Waals surface area contributed by atoms with Crippen LogP contribution in [0.5, 0.6) is 0 Å². The first-order valence-electron chi connectivity index (χ1n) is 13.9. The van der Waals surface area contributed by atoms with Crippen molar-refractivity contribution >= 4 is 18.5 Å². The van der Waals surface area contributed by atoms with Crippen LogP contribution in [0.1, 0.15) is 67.3 Å². The zero-order valence-electron chi connectivity index (χ0n) is 23.0. The summed E-state index contributed by atoms with van der Waals surface area (Å²) in [6, 6.07) is 20.7. The summed E-state index contributed by atoms with van der Waals surface area (Å²) in [7, 11) is 5.91. The monoisotopic (exact) mass is 530 g/mol. The van der Waals surface area contributed by atoms with Crippen molar-refractivity contribution in [2.75, 3.05) is 13.2 Å². The zero-order valence-corrected chi connectivity index (χ0v) is 25.3. The largest absolute Gasteiger partial charge is 0.381 e. The van der Waals surface area contributed by atoms with E-state index in [1.54, 1.807) is 0 Å². The van der Waals surface area contributed by atoms with Gasteiger partial charge in [0.15, 0.2) is 0 Å². The Morgan fingerprint density at radius 1 is 0.838 bits per heavy atom. The normalized spacial score (nSPS) is 15.2. The van der Waals surface area contributed by atoms with E-state index in [1.165, 1.54) is 68.5 Å². The predicted octanol–water partition coefficient (Wildman–Crippen LogP) is 9.34. The van der Waals surface area contributed by atoms with Crippen molar-refractivity contribution in [2.24, 2.45) is 5.41 Å². The van der Waals surface area contributed by atoms with E-state index in [4.69, 9.17) is 4.74 Å². The van der Waals surface area contributed by atoms with Crippen LogP contribution in [0.4, 0.5) is 0 Å². The molecule has 2 atom stereocenters. The van der Waals surface area contributed by atoms with Crippen LogP contribution in [0.15, 0.2) is 66.7 Å². The molecule has 3 aromatic rings. The summed E-state index contributed by atoms with van der Waals surface area (Å²) in [5.41, 5.74) is 14.0. The summed E-state index contributed by atoms with van der Waals surface area (Å²) in [4.78, 5) is 0. The number of ether oxygens (including phenoxy) is 1. The lowest BCUT2D eigenvalue weighted by Crippen LogP contribution is -2.27. The third kappa shape index (κ3) is 7.00. The fraction of sp³-hybridized carbons (Fsp3) is 0.412. The number of benzene rings is 3. The van der Waals surface area contributed by atoms with E-state index >= 15 is 0 Å². The summed E-state index contributed by atoms with van der Waals surface area (Å²) in [6.07, 6.45) is 8.64. The van der Waals surface area contributed by atoms with Gasteiger partial charge >= 0.3 is 0 Å². The number of hydrogen-bond donors (Lipinski definition) is 0. The smallest absolute Gasteiger partial charge is 0.0520 e. The maximum absolute atomic E-state index is 6.28. The summed E-state index contributed by atoms with van der Waals surface area (Å²) in [6.45, 7) is 12.6. The van der Waals surface area contributed by atoms with E-state index in [1.807, 2.05) is 0 Å². The Bertz CT molecular complexity index is 1190. The Kier molecular flexibility index (Phi) is 9.80. The summed E-state index contributed by atoms with van der Waals surface area (Å²) in [5.74, 6) is 0. The molecule has 0 N–H and O–H groups in total. The van der Waals surface area contributed by atoms with Crippen LogP contribution in [-0.4, -0.2) is 13.2 Å². The van der Waals surface area contributed by atoms with Gasteiger partial charge in [0.05, 0.1) is 13.2 Å². The molecule has 1 fully saturated rings. The van der Waals surface area contributed by atoms with Crippen molar-refractivity contribution in [3.8, 4) is 22.3 Å². The van der Waals surface area contributed by atoms with Crippen LogP contribution in [0, 0.1) is 12.3 Å². The number of allylic oxidation sites excluding steroid dienone is 1. The highest BCUT2D eigenvalue weighted by Crippen LogP contribution is 2.38. The average molecular weight is 531 g/mol. The molecular formula is C34H44OP2. The topological polar surface area (TPSA) is 9.23 Å². The highest BCUT2D eigenvalue weighted by molar-refractivity contribution is 7.15. The van der Waals surface area contributed by atoms with Gasteiger partial charge in [-0.15, -0.1) is 18.5 Å². The zero-order chi connectivity index (χ0) is 26.4. The Labute approximate surface area is 229 Å². The third-order valence-corrected chi connectivity index (χ3v) is 9.05. The first-order chi connectivity index (χ1) is 17.9. The lowest BCUT2D eigenvalue weighted by atomic mass is 9.75. The molecule has 4 rings (SSSR count). The second-order valence-electron chi connectivity index (χ2n) is 11.1. The Morgan fingerprint density at radius 2 is 1.43 bits per heavy atom. The molecule has 0 aliphatic heterocycles. The van der Waals surface area contributed by atoms with Gasteiger partial charge in [-0.25, -0.2) is 0 Å². The van der Waals surface area contributed by atoms with Gasteiger partial charge in [-0.1, -0.05) is 86.2 Å². The molecule has 0 aromatic heterocycles. The van der Waals surface area contributed by atoms with Crippen molar-refractivity contribution in [3.63, 3.8) is 0 Å². The van der Waals surface area contributed by atoms with E-state index in [2.05, 4.69) is 100 Å². The van der Waals surface area contributed by atoms with Crippen LogP contribution < -0.4 is 0 Å². The standard InChI is InChI=1S/C34H44OP2/c1-5-26-18-28(27-8-6-24(2)7-9-27)10-11-32(26)29-19-30(21-36)33(31(20-29)22-37)14-17-35-23-34(4)15-12-25(3)13-16-34/h6-11,18-20H,3,5,12-17,21-23,36-37H2,1-2,4H3. The fourth-order valence-electron chi connectivity index (χ4n) is 5.58. The van der Waals surface area contributed by atoms with Gasteiger partial charge in [-0.05, 0) is 108 Å². The minimum atomic E-state index is 0.305. The van der Waals surface area contributed by atoms with Gasteiger partial charge in [0.1, 0.15) is 0 Å². The first kappa shape index (κ1) is 28.2. The van der Waals surface area contributed by atoms with Gasteiger partial charge in [0.25, 0.3) is 0 Å². The van der Waals surface area contributed by atoms with Gasteiger partial charge in [-0.3, -0.25) is 0 Å². The van der Waals surface area contributed by atoms with Crippen molar-refractivity contribution in [1.29, 1.82) is 0 Å². The maximum atomic E-state index is 6.28. The van der Waals surface area contributed by atoms with E-state index < -0.39 is 0 Å². The second-order valence-corrected chi connectivity index (χ2v) is 12.0. The summed E-state index contributed by atoms with van der Waals surface area (Å²) >= 11 is 0. The molecule has 3 heteroatoms. The fourth-order valence-corrected chi connectivity index (χ4v) is 6.30. The van der Waals surface area contributed by atoms with Crippen molar-refractivity contribution in [1.82, 2.24) is 0 Å². The third-order valence-electron chi connectivity index (χ3n) is 8.17. The molecule has 0 bridgehead atoms. The molecule has 1 nitrogen and oxygen atoms in total. The Hall–Kier alpha value is -1.78. The van der Waals surface area contributed by atoms with E-state index in [0.717, 1.165) is 51.2 Å². The van der Waals surface area contributed by atoms with E-state index in [0.29, 0.717) is 5.41 Å². The number of hydrogen-bond acceptors (Lipinski definition) is 1. The molecule has 0 saturated heterocycles. The molecule has 1 aliphatic rings. The van der Waals surface area contributed by atoms with E-state index in [-0.39, 0.29) is 0 Å². The SMILES string of the molecule is C=C1CCC(C)(COCCc2c(CP)cc(-c3ccc(-c4ccc(C)cc4)cc3CC)cc2CP)CC1. The molecule has 2 unspecified atom stereocenters. The van der Waals surface area contributed by atoms with Crippen molar-refractivity contribution < 1.29 is 4.74 Å². The second kappa shape index (κ2) is 12.8. The molecule has 0 heterocycles. The lowest BCUT2D eigenvalue weighted by molar-refractivity contribution is 0.0391. The molecular weight excluding hydrogens is 486 g/mol. The van der Waals surface area contributed by atoms with Gasteiger partial charge in [0, 0.05) is 0 Å². The molecule has 37 heavy (non-hydrogen) atoms. The number of aryl methyl sites for hydroxylation is 2. The molecule has 196 valence electrons. The van der Waals surface area contributed by atoms with Crippen LogP contribution in [0.3, 0.4) is 0 Å². The minimum absolute atomic E-state index is 0.305. The van der Waals surface area contributed by atoms with Crippen LogP contribution in [-0.2, 0) is 29.9 Å². The average Bonchev–Trinajstić information content (AvgIpc) is 2.92. The highest BCUT2D eigenvalue weighted by atomic mass is 31.0. The quantitative estimate of drug-likeness (QED) is 0.144. The number of rotatable bonds is 10. The Balaban J connectivity index is 1.53. The molecule has 0 spiro atoms. The van der Waals surface area contributed by atoms with Crippen molar-refractivity contribution in [3.05, 3.63) is 94.6 Å².